The van der Waals surface area contributed by atoms with Crippen LogP contribution >= 0.6 is 11.3 Å². The van der Waals surface area contributed by atoms with E-state index in [1.54, 1.807) is 13.2 Å². The number of hydrogen-bond acceptors (Lipinski definition) is 5. The van der Waals surface area contributed by atoms with Crippen LogP contribution in [-0.2, 0) is 11.3 Å². The molecule has 2 aromatic heterocycles. The third-order valence-electron chi connectivity index (χ3n) is 5.07. The Kier molecular flexibility index (Phi) is 4.94. The normalized spacial score (nSPS) is 16.8. The van der Waals surface area contributed by atoms with Crippen molar-refractivity contribution >= 4 is 27.5 Å². The maximum Gasteiger partial charge on any atom is 0.262 e. The lowest BCUT2D eigenvalue weighted by Gasteiger charge is -2.25. The summed E-state index contributed by atoms with van der Waals surface area (Å²) in [6.45, 7) is 1.09. The maximum absolute atomic E-state index is 12.8. The van der Waals surface area contributed by atoms with Crippen molar-refractivity contribution in [1.82, 2.24) is 14.5 Å². The van der Waals surface area contributed by atoms with Gasteiger partial charge in [-0.15, -0.1) is 11.3 Å². The molecule has 1 atom stereocenters. The molecule has 1 saturated heterocycles. The van der Waals surface area contributed by atoms with Crippen molar-refractivity contribution in [3.05, 3.63) is 58.0 Å². The Labute approximate surface area is 161 Å². The van der Waals surface area contributed by atoms with Crippen molar-refractivity contribution in [1.29, 1.82) is 0 Å². The Morgan fingerprint density at radius 2 is 2.26 bits per heavy atom. The molecule has 27 heavy (non-hydrogen) atoms. The van der Waals surface area contributed by atoms with Crippen LogP contribution in [0.4, 0.5) is 0 Å². The van der Waals surface area contributed by atoms with Gasteiger partial charge in [0.15, 0.2) is 0 Å². The van der Waals surface area contributed by atoms with Crippen molar-refractivity contribution in [2.24, 2.45) is 0 Å². The van der Waals surface area contributed by atoms with E-state index in [9.17, 15) is 9.59 Å². The summed E-state index contributed by atoms with van der Waals surface area (Å²) in [6.07, 6.45) is 3.76. The maximum atomic E-state index is 12.8. The number of thiophene rings is 1. The van der Waals surface area contributed by atoms with Crippen LogP contribution in [0.2, 0.25) is 0 Å². The number of carbonyl (C=O) groups is 1. The molecule has 0 saturated carbocycles. The molecular formula is C20H21N3O3S. The summed E-state index contributed by atoms with van der Waals surface area (Å²) in [5.74, 6) is 0.867. The molecule has 4 rings (SSSR count). The molecule has 1 fully saturated rings. The van der Waals surface area contributed by atoms with Crippen LogP contribution in [0.5, 0.6) is 5.75 Å². The number of fused-ring (bicyclic) bond motifs is 1. The van der Waals surface area contributed by atoms with E-state index < -0.39 is 0 Å². The van der Waals surface area contributed by atoms with Gasteiger partial charge in [0.2, 0.25) is 5.91 Å². The zero-order chi connectivity index (χ0) is 18.8. The molecular weight excluding hydrogens is 362 g/mol. The van der Waals surface area contributed by atoms with E-state index in [4.69, 9.17) is 4.74 Å². The van der Waals surface area contributed by atoms with E-state index in [-0.39, 0.29) is 23.9 Å². The third-order valence-corrected chi connectivity index (χ3v) is 5.89. The van der Waals surface area contributed by atoms with Crippen molar-refractivity contribution < 1.29 is 9.53 Å². The Hall–Kier alpha value is -2.67. The molecule has 0 N–H and O–H groups in total. The quantitative estimate of drug-likeness (QED) is 0.679. The average Bonchev–Trinajstić information content (AvgIpc) is 3.37. The minimum atomic E-state index is -0.0835. The molecule has 6 nitrogen and oxygen atoms in total. The van der Waals surface area contributed by atoms with Crippen molar-refractivity contribution in [3.8, 4) is 5.75 Å². The molecule has 0 bridgehead atoms. The van der Waals surface area contributed by atoms with Crippen LogP contribution in [0.3, 0.4) is 0 Å². The summed E-state index contributed by atoms with van der Waals surface area (Å²) in [5.41, 5.74) is 1.01. The van der Waals surface area contributed by atoms with Crippen LogP contribution in [0.1, 0.15) is 30.9 Å². The predicted molar refractivity (Wildman–Crippen MR) is 105 cm³/mol. The molecule has 1 aliphatic rings. The topological polar surface area (TPSA) is 64.4 Å². The second-order valence-electron chi connectivity index (χ2n) is 6.65. The Morgan fingerprint density at radius 1 is 1.37 bits per heavy atom. The summed E-state index contributed by atoms with van der Waals surface area (Å²) >= 11 is 1.45. The van der Waals surface area contributed by atoms with Gasteiger partial charge in [0.1, 0.15) is 10.6 Å². The number of amides is 1. The van der Waals surface area contributed by atoms with Crippen LogP contribution in [0, 0.1) is 0 Å². The van der Waals surface area contributed by atoms with Crippen LogP contribution < -0.4 is 10.3 Å². The molecule has 7 heteroatoms. The van der Waals surface area contributed by atoms with Gasteiger partial charge in [-0.1, -0.05) is 12.1 Å². The first-order valence-electron chi connectivity index (χ1n) is 9.03. The number of aryl methyl sites for hydroxylation is 1. The summed E-state index contributed by atoms with van der Waals surface area (Å²) < 4.78 is 6.84. The molecule has 3 heterocycles. The van der Waals surface area contributed by atoms with Crippen molar-refractivity contribution in [2.75, 3.05) is 13.7 Å². The van der Waals surface area contributed by atoms with Crippen LogP contribution in [0.25, 0.3) is 10.2 Å². The second kappa shape index (κ2) is 7.52. The molecule has 0 aliphatic carbocycles. The average molecular weight is 383 g/mol. The Balaban J connectivity index is 1.48. The van der Waals surface area contributed by atoms with Gasteiger partial charge in [0, 0.05) is 19.5 Å². The van der Waals surface area contributed by atoms with Gasteiger partial charge in [0.25, 0.3) is 5.56 Å². The second-order valence-corrected chi connectivity index (χ2v) is 7.55. The number of rotatable bonds is 5. The third kappa shape index (κ3) is 3.47. The van der Waals surface area contributed by atoms with Gasteiger partial charge in [-0.25, -0.2) is 4.98 Å². The fourth-order valence-electron chi connectivity index (χ4n) is 3.67. The predicted octanol–water partition coefficient (Wildman–Crippen LogP) is 3.22. The highest BCUT2D eigenvalue weighted by molar-refractivity contribution is 7.16. The molecule has 0 radical (unpaired) electrons. The molecule has 1 aromatic carbocycles. The van der Waals surface area contributed by atoms with Gasteiger partial charge < -0.3 is 9.64 Å². The lowest BCUT2D eigenvalue weighted by Crippen LogP contribution is -2.32. The Morgan fingerprint density at radius 3 is 3.11 bits per heavy atom. The van der Waals surface area contributed by atoms with Crippen molar-refractivity contribution in [2.45, 2.75) is 31.8 Å². The van der Waals surface area contributed by atoms with Gasteiger partial charge >= 0.3 is 0 Å². The van der Waals surface area contributed by atoms with E-state index in [1.165, 1.54) is 22.2 Å². The highest BCUT2D eigenvalue weighted by Crippen LogP contribution is 2.33. The number of methoxy groups -OCH3 is 1. The molecule has 1 amide bonds. The van der Waals surface area contributed by atoms with Crippen molar-refractivity contribution in [3.63, 3.8) is 0 Å². The zero-order valence-corrected chi connectivity index (χ0v) is 15.9. The lowest BCUT2D eigenvalue weighted by molar-refractivity contribution is -0.132. The summed E-state index contributed by atoms with van der Waals surface area (Å²) in [6, 6.07) is 9.75. The SMILES string of the molecule is COc1cccc(C2CCCN2C(=O)CCn2cnc3sccc3c2=O)c1. The minimum absolute atomic E-state index is 0.0673. The van der Waals surface area contributed by atoms with E-state index >= 15 is 0 Å². The number of hydrogen-bond donors (Lipinski definition) is 0. The highest BCUT2D eigenvalue weighted by Gasteiger charge is 2.29. The lowest BCUT2D eigenvalue weighted by atomic mass is 10.0. The first-order valence-corrected chi connectivity index (χ1v) is 9.91. The monoisotopic (exact) mass is 383 g/mol. The van der Waals surface area contributed by atoms with E-state index in [2.05, 4.69) is 4.98 Å². The number of carbonyl (C=O) groups excluding carboxylic acids is 1. The Bertz CT molecular complexity index is 1030. The largest absolute Gasteiger partial charge is 0.497 e. The number of likely N-dealkylation sites (tertiary alicyclic amines) is 1. The van der Waals surface area contributed by atoms with Crippen LogP contribution in [0.15, 0.2) is 46.8 Å². The van der Waals surface area contributed by atoms with Gasteiger partial charge in [-0.2, -0.15) is 0 Å². The highest BCUT2D eigenvalue weighted by atomic mass is 32.1. The van der Waals surface area contributed by atoms with Gasteiger partial charge in [-0.3, -0.25) is 14.2 Å². The summed E-state index contributed by atoms with van der Waals surface area (Å²) in [5, 5.41) is 2.47. The zero-order valence-electron chi connectivity index (χ0n) is 15.1. The minimum Gasteiger partial charge on any atom is -0.497 e. The van der Waals surface area contributed by atoms with E-state index in [0.29, 0.717) is 11.9 Å². The van der Waals surface area contributed by atoms with Gasteiger partial charge in [0.05, 0.1) is 24.9 Å². The summed E-state index contributed by atoms with van der Waals surface area (Å²) in [4.78, 5) is 32.3. The molecule has 140 valence electrons. The molecule has 0 spiro atoms. The number of nitrogens with zero attached hydrogens (tertiary/aromatic N) is 3. The van der Waals surface area contributed by atoms with E-state index in [0.717, 1.165) is 35.5 Å². The number of benzene rings is 1. The fourth-order valence-corrected chi connectivity index (χ4v) is 4.40. The number of ether oxygens (including phenoxy) is 1. The number of aromatic nitrogens is 2. The first kappa shape index (κ1) is 17.7. The summed E-state index contributed by atoms with van der Waals surface area (Å²) in [7, 11) is 1.65. The molecule has 3 aromatic rings. The first-order chi connectivity index (χ1) is 13.2. The standard InChI is InChI=1S/C20H21N3O3S/c1-26-15-5-2-4-14(12-15)17-6-3-9-23(17)18(24)7-10-22-13-21-19-16(20(22)25)8-11-27-19/h2,4-5,8,11-13,17H,3,6-7,9-10H2,1H3. The van der Waals surface area contributed by atoms with Gasteiger partial charge in [-0.05, 0) is 42.0 Å². The molecule has 1 unspecified atom stereocenters. The fraction of sp³-hybridized carbons (Fsp3) is 0.350. The smallest absolute Gasteiger partial charge is 0.262 e. The van der Waals surface area contributed by atoms with E-state index in [1.807, 2.05) is 34.5 Å². The molecule has 1 aliphatic heterocycles. The van der Waals surface area contributed by atoms with Crippen LogP contribution in [-0.4, -0.2) is 34.0 Å².